The summed E-state index contributed by atoms with van der Waals surface area (Å²) >= 11 is 9.35. The molecule has 0 unspecified atom stereocenters. The Bertz CT molecular complexity index is 581. The zero-order chi connectivity index (χ0) is 13.2. The molecule has 1 fully saturated rings. The van der Waals surface area contributed by atoms with E-state index in [0.29, 0.717) is 6.04 Å². The van der Waals surface area contributed by atoms with Gasteiger partial charge in [0.15, 0.2) is 4.34 Å². The molecule has 1 aromatic heterocycles. The topological polar surface area (TPSA) is 37.8 Å². The van der Waals surface area contributed by atoms with E-state index in [1.54, 1.807) is 23.1 Å². The molecule has 3 rings (SSSR count). The van der Waals surface area contributed by atoms with E-state index in [9.17, 15) is 0 Å². The van der Waals surface area contributed by atoms with E-state index in [1.807, 2.05) is 19.1 Å². The van der Waals surface area contributed by atoms with Crippen LogP contribution >= 0.6 is 34.7 Å². The van der Waals surface area contributed by atoms with E-state index >= 15 is 0 Å². The minimum absolute atomic E-state index is 0.706. The highest BCUT2D eigenvalue weighted by Gasteiger charge is 2.20. The molecule has 1 aliphatic carbocycles. The minimum atomic E-state index is 0.706. The Kier molecular flexibility index (Phi) is 4.07. The molecule has 0 atom stereocenters. The van der Waals surface area contributed by atoms with Crippen molar-refractivity contribution in [2.24, 2.45) is 0 Å². The number of halogens is 1. The maximum Gasteiger partial charge on any atom is 0.179 e. The number of aromatic nitrogens is 2. The van der Waals surface area contributed by atoms with Gasteiger partial charge in [-0.05, 0) is 37.5 Å². The fraction of sp³-hybridized carbons (Fsp3) is 0.385. The summed E-state index contributed by atoms with van der Waals surface area (Å²) in [5, 5.41) is 13.5. The average Bonchev–Trinajstić information content (AvgIpc) is 3.12. The van der Waals surface area contributed by atoms with Crippen molar-refractivity contribution in [3.05, 3.63) is 33.8 Å². The van der Waals surface area contributed by atoms with Crippen LogP contribution in [0.5, 0.6) is 0 Å². The Labute approximate surface area is 125 Å². The van der Waals surface area contributed by atoms with Gasteiger partial charge in [-0.25, -0.2) is 0 Å². The second-order valence-electron chi connectivity index (χ2n) is 4.60. The van der Waals surface area contributed by atoms with Crippen molar-refractivity contribution in [2.75, 3.05) is 0 Å². The Balaban J connectivity index is 1.78. The third kappa shape index (κ3) is 3.69. The summed E-state index contributed by atoms with van der Waals surface area (Å²) in [6, 6.07) is 6.75. The van der Waals surface area contributed by atoms with Crippen molar-refractivity contribution >= 4 is 34.7 Å². The molecule has 0 aliphatic heterocycles. The van der Waals surface area contributed by atoms with Crippen LogP contribution in [0, 0.1) is 6.92 Å². The van der Waals surface area contributed by atoms with Crippen molar-refractivity contribution in [2.45, 2.75) is 41.6 Å². The smallest absolute Gasteiger partial charge is 0.179 e. The summed E-state index contributed by atoms with van der Waals surface area (Å²) in [5.74, 6) is 0. The van der Waals surface area contributed by atoms with Crippen molar-refractivity contribution in [1.82, 2.24) is 15.5 Å². The van der Waals surface area contributed by atoms with Crippen molar-refractivity contribution in [3.8, 4) is 0 Å². The Morgan fingerprint density at radius 3 is 2.95 bits per heavy atom. The zero-order valence-electron chi connectivity index (χ0n) is 10.5. The van der Waals surface area contributed by atoms with Gasteiger partial charge in [-0.3, -0.25) is 0 Å². The highest BCUT2D eigenvalue weighted by molar-refractivity contribution is 8.01. The first kappa shape index (κ1) is 13.4. The molecule has 1 saturated carbocycles. The lowest BCUT2D eigenvalue weighted by Gasteiger charge is -2.09. The summed E-state index contributed by atoms with van der Waals surface area (Å²) < 4.78 is 0.965. The van der Waals surface area contributed by atoms with E-state index in [0.717, 1.165) is 25.8 Å². The highest BCUT2D eigenvalue weighted by atomic mass is 35.5. The van der Waals surface area contributed by atoms with Crippen LogP contribution in [0.3, 0.4) is 0 Å². The van der Waals surface area contributed by atoms with Crippen LogP contribution in [0.1, 0.15) is 23.4 Å². The van der Waals surface area contributed by atoms with Gasteiger partial charge in [0.25, 0.3) is 0 Å². The summed E-state index contributed by atoms with van der Waals surface area (Å²) in [6.07, 6.45) is 2.59. The predicted octanol–water partition coefficient (Wildman–Crippen LogP) is 3.90. The first-order valence-corrected chi connectivity index (χ1v) is 8.21. The Hall–Kier alpha value is -0.620. The van der Waals surface area contributed by atoms with Gasteiger partial charge in [-0.2, -0.15) is 0 Å². The second kappa shape index (κ2) is 5.79. The van der Waals surface area contributed by atoms with Gasteiger partial charge in [0, 0.05) is 22.5 Å². The monoisotopic (exact) mass is 311 g/mol. The van der Waals surface area contributed by atoms with Gasteiger partial charge < -0.3 is 5.32 Å². The molecule has 19 heavy (non-hydrogen) atoms. The molecule has 2 aromatic rings. The highest BCUT2D eigenvalue weighted by Crippen LogP contribution is 2.34. The molecular formula is C13H14ClN3S2. The minimum Gasteiger partial charge on any atom is -0.310 e. The normalized spacial score (nSPS) is 14.8. The van der Waals surface area contributed by atoms with Crippen molar-refractivity contribution in [3.63, 3.8) is 0 Å². The quantitative estimate of drug-likeness (QED) is 0.908. The standard InChI is InChI=1S/C13H14ClN3S2/c1-8-16-17-13(18-8)19-12-6-10(14)3-2-9(12)7-15-11-4-5-11/h2-3,6,11,15H,4-5,7H2,1H3. The van der Waals surface area contributed by atoms with E-state index in [4.69, 9.17) is 11.6 Å². The van der Waals surface area contributed by atoms with Gasteiger partial charge in [0.05, 0.1) is 0 Å². The largest absolute Gasteiger partial charge is 0.310 e. The Morgan fingerprint density at radius 2 is 2.26 bits per heavy atom. The van der Waals surface area contributed by atoms with Crippen LogP contribution < -0.4 is 5.32 Å². The SMILES string of the molecule is Cc1nnc(Sc2cc(Cl)ccc2CNC2CC2)s1. The molecule has 3 nitrogen and oxygen atoms in total. The Morgan fingerprint density at radius 1 is 1.42 bits per heavy atom. The van der Waals surface area contributed by atoms with Crippen LogP contribution in [0.25, 0.3) is 0 Å². The molecular weight excluding hydrogens is 298 g/mol. The molecule has 6 heteroatoms. The summed E-state index contributed by atoms with van der Waals surface area (Å²) in [6.45, 7) is 2.86. The molecule has 100 valence electrons. The molecule has 0 radical (unpaired) electrons. The fourth-order valence-corrected chi connectivity index (χ4v) is 3.90. The maximum atomic E-state index is 6.10. The van der Waals surface area contributed by atoms with Gasteiger partial charge in [-0.15, -0.1) is 10.2 Å². The molecule has 0 saturated heterocycles. The number of nitrogens with one attached hydrogen (secondary N) is 1. The van der Waals surface area contributed by atoms with Crippen LogP contribution in [-0.4, -0.2) is 16.2 Å². The van der Waals surface area contributed by atoms with Crippen molar-refractivity contribution in [1.29, 1.82) is 0 Å². The molecule has 1 aromatic carbocycles. The molecule has 1 heterocycles. The van der Waals surface area contributed by atoms with Crippen LogP contribution in [0.4, 0.5) is 0 Å². The lowest BCUT2D eigenvalue weighted by Crippen LogP contribution is -2.15. The number of nitrogens with zero attached hydrogens (tertiary/aromatic N) is 2. The summed E-state index contributed by atoms with van der Waals surface area (Å²) in [4.78, 5) is 1.16. The molecule has 0 bridgehead atoms. The maximum absolute atomic E-state index is 6.10. The van der Waals surface area contributed by atoms with Gasteiger partial charge in [-0.1, -0.05) is 40.8 Å². The molecule has 1 N–H and O–H groups in total. The van der Waals surface area contributed by atoms with E-state index < -0.39 is 0 Å². The van der Waals surface area contributed by atoms with E-state index in [1.165, 1.54) is 18.4 Å². The predicted molar refractivity (Wildman–Crippen MR) is 80.1 cm³/mol. The lowest BCUT2D eigenvalue weighted by atomic mass is 10.2. The molecule has 0 spiro atoms. The van der Waals surface area contributed by atoms with Gasteiger partial charge in [0.1, 0.15) is 5.01 Å². The number of aryl methyl sites for hydroxylation is 1. The van der Waals surface area contributed by atoms with E-state index in [-0.39, 0.29) is 0 Å². The van der Waals surface area contributed by atoms with Crippen molar-refractivity contribution < 1.29 is 0 Å². The first-order valence-electron chi connectivity index (χ1n) is 6.20. The molecule has 0 amide bonds. The fourth-order valence-electron chi connectivity index (χ4n) is 1.72. The van der Waals surface area contributed by atoms with E-state index in [2.05, 4.69) is 21.6 Å². The van der Waals surface area contributed by atoms with Crippen LogP contribution in [0.2, 0.25) is 5.02 Å². The number of rotatable bonds is 5. The van der Waals surface area contributed by atoms with Crippen LogP contribution in [0.15, 0.2) is 27.4 Å². The average molecular weight is 312 g/mol. The zero-order valence-corrected chi connectivity index (χ0v) is 12.9. The van der Waals surface area contributed by atoms with Crippen LogP contribution in [-0.2, 0) is 6.54 Å². The number of benzene rings is 1. The lowest BCUT2D eigenvalue weighted by molar-refractivity contribution is 0.680. The summed E-state index contributed by atoms with van der Waals surface area (Å²) in [7, 11) is 0. The van der Waals surface area contributed by atoms with Gasteiger partial charge >= 0.3 is 0 Å². The number of hydrogen-bond donors (Lipinski definition) is 1. The summed E-state index contributed by atoms with van der Waals surface area (Å²) in [5.41, 5.74) is 1.27. The second-order valence-corrected chi connectivity index (χ2v) is 7.50. The number of hydrogen-bond acceptors (Lipinski definition) is 5. The molecule has 1 aliphatic rings. The van der Waals surface area contributed by atoms with Gasteiger partial charge in [0.2, 0.25) is 0 Å². The third-order valence-corrected chi connectivity index (χ3v) is 5.12. The third-order valence-electron chi connectivity index (χ3n) is 2.89. The first-order chi connectivity index (χ1) is 9.20.